The van der Waals surface area contributed by atoms with E-state index in [1.54, 1.807) is 0 Å². The lowest BCUT2D eigenvalue weighted by atomic mass is 9.90. The highest BCUT2D eigenvalue weighted by atomic mass is 19.2. The van der Waals surface area contributed by atoms with Crippen LogP contribution in [0.2, 0.25) is 0 Å². The van der Waals surface area contributed by atoms with E-state index < -0.39 is 11.8 Å². The van der Waals surface area contributed by atoms with Crippen molar-refractivity contribution in [3.63, 3.8) is 0 Å². The lowest BCUT2D eigenvalue weighted by Gasteiger charge is -2.32. The quantitative estimate of drug-likeness (QED) is 0.730. The molecule has 1 fully saturated rings. The van der Waals surface area contributed by atoms with E-state index >= 15 is 0 Å². The average Bonchev–Trinajstić information content (AvgIpc) is 2.09. The maximum absolute atomic E-state index is 12.7. The molecule has 1 aromatic heterocycles. The third kappa shape index (κ3) is 1.82. The van der Waals surface area contributed by atoms with Crippen LogP contribution in [-0.4, -0.2) is 17.1 Å². The fourth-order valence-corrected chi connectivity index (χ4v) is 1.36. The van der Waals surface area contributed by atoms with Gasteiger partial charge in [-0.15, -0.1) is 0 Å². The fraction of sp³-hybridized carbons (Fsp3) is 0.444. The largest absolute Gasteiger partial charge is 0.489 e. The summed E-state index contributed by atoms with van der Waals surface area (Å²) in [4.78, 5) is 3.21. The molecule has 14 heavy (non-hydrogen) atoms. The minimum absolute atomic E-state index is 0.0108. The Morgan fingerprint density at radius 3 is 2.71 bits per heavy atom. The molecule has 3 nitrogen and oxygen atoms in total. The van der Waals surface area contributed by atoms with Gasteiger partial charge in [-0.05, 0) is 12.8 Å². The van der Waals surface area contributed by atoms with Gasteiger partial charge in [0.05, 0.1) is 6.20 Å². The van der Waals surface area contributed by atoms with Gasteiger partial charge in [0.2, 0.25) is 5.95 Å². The molecule has 0 aromatic carbocycles. The number of hydrogen-bond donors (Lipinski definition) is 1. The van der Waals surface area contributed by atoms with Gasteiger partial charge in [0.25, 0.3) is 0 Å². The molecule has 2 N–H and O–H groups in total. The predicted molar refractivity (Wildman–Crippen MR) is 45.8 cm³/mol. The van der Waals surface area contributed by atoms with E-state index in [0.717, 1.165) is 18.9 Å². The molecular formula is C9H10F2N2O. The standard InChI is InChI=1S/C9H10F2N2O/c10-8-3-7(4-13-9(8)11)14-6-1-5(12)2-6/h3-6H,1-2,12H2/t5-,6-. The van der Waals surface area contributed by atoms with Crippen molar-refractivity contribution in [2.45, 2.75) is 25.0 Å². The highest BCUT2D eigenvalue weighted by Gasteiger charge is 2.27. The molecule has 0 saturated heterocycles. The number of halogens is 2. The van der Waals surface area contributed by atoms with Gasteiger partial charge in [0, 0.05) is 12.1 Å². The summed E-state index contributed by atoms with van der Waals surface area (Å²) >= 11 is 0. The number of hydrogen-bond acceptors (Lipinski definition) is 3. The van der Waals surface area contributed by atoms with E-state index in [0.29, 0.717) is 0 Å². The van der Waals surface area contributed by atoms with Gasteiger partial charge >= 0.3 is 0 Å². The van der Waals surface area contributed by atoms with Crippen molar-refractivity contribution in [2.75, 3.05) is 0 Å². The Morgan fingerprint density at radius 2 is 2.14 bits per heavy atom. The molecule has 5 heteroatoms. The van der Waals surface area contributed by atoms with Gasteiger partial charge < -0.3 is 10.5 Å². The third-order valence-electron chi connectivity index (χ3n) is 2.21. The molecule has 1 saturated carbocycles. The number of pyridine rings is 1. The molecule has 0 spiro atoms. The molecule has 2 rings (SSSR count). The van der Waals surface area contributed by atoms with Crippen LogP contribution in [0.15, 0.2) is 12.3 Å². The number of aromatic nitrogens is 1. The van der Waals surface area contributed by atoms with Crippen LogP contribution in [0.1, 0.15) is 12.8 Å². The zero-order valence-electron chi connectivity index (χ0n) is 7.41. The van der Waals surface area contributed by atoms with E-state index in [1.807, 2.05) is 0 Å². The van der Waals surface area contributed by atoms with Crippen molar-refractivity contribution in [1.29, 1.82) is 0 Å². The molecule has 0 bridgehead atoms. The van der Waals surface area contributed by atoms with Crippen molar-refractivity contribution >= 4 is 0 Å². The highest BCUT2D eigenvalue weighted by molar-refractivity contribution is 5.18. The van der Waals surface area contributed by atoms with Gasteiger partial charge in [0.15, 0.2) is 5.82 Å². The molecule has 1 aliphatic rings. The second kappa shape index (κ2) is 3.49. The van der Waals surface area contributed by atoms with Crippen LogP contribution in [0.5, 0.6) is 5.75 Å². The molecule has 1 heterocycles. The summed E-state index contributed by atoms with van der Waals surface area (Å²) in [6.45, 7) is 0. The van der Waals surface area contributed by atoms with Crippen molar-refractivity contribution in [3.8, 4) is 5.75 Å². The number of nitrogens with two attached hydrogens (primary N) is 1. The zero-order chi connectivity index (χ0) is 10.1. The second-order valence-electron chi connectivity index (χ2n) is 3.41. The van der Waals surface area contributed by atoms with Crippen molar-refractivity contribution in [2.24, 2.45) is 5.73 Å². The van der Waals surface area contributed by atoms with E-state index in [4.69, 9.17) is 10.5 Å². The van der Waals surface area contributed by atoms with Crippen molar-refractivity contribution < 1.29 is 13.5 Å². The Morgan fingerprint density at radius 1 is 1.43 bits per heavy atom. The molecule has 0 aliphatic heterocycles. The maximum atomic E-state index is 12.7. The number of rotatable bonds is 2. The highest BCUT2D eigenvalue weighted by Crippen LogP contribution is 2.24. The van der Waals surface area contributed by atoms with Gasteiger partial charge in [-0.2, -0.15) is 4.39 Å². The van der Waals surface area contributed by atoms with E-state index in [1.165, 1.54) is 6.20 Å². The molecule has 0 atom stereocenters. The Labute approximate surface area is 79.9 Å². The first-order valence-electron chi connectivity index (χ1n) is 4.38. The first-order valence-corrected chi connectivity index (χ1v) is 4.38. The monoisotopic (exact) mass is 200 g/mol. The lowest BCUT2D eigenvalue weighted by molar-refractivity contribution is 0.0997. The van der Waals surface area contributed by atoms with Gasteiger partial charge in [-0.3, -0.25) is 0 Å². The Bertz CT molecular complexity index is 340. The lowest BCUT2D eigenvalue weighted by Crippen LogP contribution is -2.43. The molecule has 76 valence electrons. The van der Waals surface area contributed by atoms with Crippen LogP contribution in [0, 0.1) is 11.8 Å². The number of nitrogens with zero attached hydrogens (tertiary/aromatic N) is 1. The van der Waals surface area contributed by atoms with Crippen LogP contribution >= 0.6 is 0 Å². The molecule has 1 aliphatic carbocycles. The van der Waals surface area contributed by atoms with Crippen LogP contribution in [-0.2, 0) is 0 Å². The topological polar surface area (TPSA) is 48.1 Å². The molecule has 0 unspecified atom stereocenters. The molecular weight excluding hydrogens is 190 g/mol. The van der Waals surface area contributed by atoms with Crippen molar-refractivity contribution in [3.05, 3.63) is 24.0 Å². The summed E-state index contributed by atoms with van der Waals surface area (Å²) in [7, 11) is 0. The van der Waals surface area contributed by atoms with E-state index in [-0.39, 0.29) is 17.9 Å². The number of ether oxygens (including phenoxy) is 1. The summed E-state index contributed by atoms with van der Waals surface area (Å²) in [5, 5.41) is 0. The maximum Gasteiger partial charge on any atom is 0.249 e. The summed E-state index contributed by atoms with van der Waals surface area (Å²) in [6, 6.07) is 1.16. The van der Waals surface area contributed by atoms with Gasteiger partial charge in [0.1, 0.15) is 11.9 Å². The first-order chi connectivity index (χ1) is 6.65. The molecule has 0 radical (unpaired) electrons. The van der Waals surface area contributed by atoms with Crippen LogP contribution in [0.3, 0.4) is 0 Å². The Hall–Kier alpha value is -1.23. The van der Waals surface area contributed by atoms with E-state index in [9.17, 15) is 8.78 Å². The first kappa shape index (κ1) is 9.33. The predicted octanol–water partition coefficient (Wildman–Crippen LogP) is 1.23. The Balaban J connectivity index is 2.00. The smallest absolute Gasteiger partial charge is 0.249 e. The average molecular weight is 200 g/mol. The zero-order valence-corrected chi connectivity index (χ0v) is 7.41. The molecule has 0 amide bonds. The van der Waals surface area contributed by atoms with Crippen LogP contribution in [0.4, 0.5) is 8.78 Å². The fourth-order valence-electron chi connectivity index (χ4n) is 1.36. The summed E-state index contributed by atoms with van der Waals surface area (Å²) in [5.41, 5.74) is 5.55. The summed E-state index contributed by atoms with van der Waals surface area (Å²) in [5.74, 6) is -1.85. The van der Waals surface area contributed by atoms with Crippen LogP contribution in [0.25, 0.3) is 0 Å². The second-order valence-corrected chi connectivity index (χ2v) is 3.41. The van der Waals surface area contributed by atoms with E-state index in [2.05, 4.69) is 4.98 Å². The Kier molecular flexibility index (Phi) is 2.33. The summed E-state index contributed by atoms with van der Waals surface area (Å²) in [6.07, 6.45) is 2.68. The minimum atomic E-state index is -1.11. The van der Waals surface area contributed by atoms with Crippen molar-refractivity contribution in [1.82, 2.24) is 4.98 Å². The normalized spacial score (nSPS) is 25.6. The van der Waals surface area contributed by atoms with Crippen LogP contribution < -0.4 is 10.5 Å². The minimum Gasteiger partial charge on any atom is -0.489 e. The third-order valence-corrected chi connectivity index (χ3v) is 2.21. The summed E-state index contributed by atoms with van der Waals surface area (Å²) < 4.78 is 30.4. The SMILES string of the molecule is N[C@H]1C[C@H](Oc2cnc(F)c(F)c2)C1. The van der Waals surface area contributed by atoms with Gasteiger partial charge in [-0.1, -0.05) is 0 Å². The molecule has 1 aromatic rings. The van der Waals surface area contributed by atoms with Gasteiger partial charge in [-0.25, -0.2) is 9.37 Å².